The largest absolute Gasteiger partial charge is 0.322 e. The molecule has 0 aliphatic rings. The normalized spacial score (nSPS) is 10.6. The summed E-state index contributed by atoms with van der Waals surface area (Å²) in [5, 5.41) is 3.90. The van der Waals surface area contributed by atoms with E-state index in [0.717, 1.165) is 29.4 Å². The number of aromatic nitrogens is 1. The number of aryl methyl sites for hydroxylation is 1. The molecule has 0 fully saturated rings. The number of benzene rings is 2. The first kappa shape index (κ1) is 14.3. The lowest BCUT2D eigenvalue weighted by molar-refractivity contribution is 0.102. The van der Waals surface area contributed by atoms with Gasteiger partial charge in [0.15, 0.2) is 0 Å². The molecule has 3 aromatic rings. The van der Waals surface area contributed by atoms with Crippen LogP contribution in [0.5, 0.6) is 0 Å². The number of anilines is 1. The molecular weight excluding hydrogens is 272 g/mol. The summed E-state index contributed by atoms with van der Waals surface area (Å²) in [6.45, 7) is 2.16. The molecule has 0 unspecified atom stereocenters. The number of hydrogen-bond acceptors (Lipinski definition) is 2. The van der Waals surface area contributed by atoms with Crippen LogP contribution in [0.15, 0.2) is 60.8 Å². The van der Waals surface area contributed by atoms with Gasteiger partial charge in [0.2, 0.25) is 0 Å². The minimum absolute atomic E-state index is 0.103. The van der Waals surface area contributed by atoms with Gasteiger partial charge in [-0.25, -0.2) is 0 Å². The fraction of sp³-hybridized carbons (Fsp3) is 0.158. The average molecular weight is 290 g/mol. The van der Waals surface area contributed by atoms with E-state index in [1.54, 1.807) is 12.3 Å². The van der Waals surface area contributed by atoms with E-state index in [-0.39, 0.29) is 5.91 Å². The molecule has 0 aliphatic heterocycles. The minimum atomic E-state index is -0.103. The smallest absolute Gasteiger partial charge is 0.255 e. The molecule has 0 bridgehead atoms. The predicted octanol–water partition coefficient (Wildman–Crippen LogP) is 4.44. The highest BCUT2D eigenvalue weighted by molar-refractivity contribution is 6.06. The molecule has 1 heterocycles. The van der Waals surface area contributed by atoms with Crippen LogP contribution in [0, 0.1) is 0 Å². The van der Waals surface area contributed by atoms with Gasteiger partial charge >= 0.3 is 0 Å². The summed E-state index contributed by atoms with van der Waals surface area (Å²) in [5.41, 5.74) is 3.63. The lowest BCUT2D eigenvalue weighted by Gasteiger charge is -2.07. The highest BCUT2D eigenvalue weighted by Crippen LogP contribution is 2.16. The van der Waals surface area contributed by atoms with E-state index < -0.39 is 0 Å². The summed E-state index contributed by atoms with van der Waals surface area (Å²) in [4.78, 5) is 16.6. The summed E-state index contributed by atoms with van der Waals surface area (Å²) in [6.07, 6.45) is 3.93. The van der Waals surface area contributed by atoms with Gasteiger partial charge in [-0.05, 0) is 48.4 Å². The Morgan fingerprint density at radius 3 is 2.68 bits per heavy atom. The van der Waals surface area contributed by atoms with Gasteiger partial charge in [0.25, 0.3) is 5.91 Å². The number of hydrogen-bond donors (Lipinski definition) is 1. The topological polar surface area (TPSA) is 42.0 Å². The maximum atomic E-state index is 12.3. The number of nitrogens with zero attached hydrogens (tertiary/aromatic N) is 1. The molecular formula is C19H18N2O. The maximum Gasteiger partial charge on any atom is 0.255 e. The zero-order valence-electron chi connectivity index (χ0n) is 12.5. The van der Waals surface area contributed by atoms with Gasteiger partial charge in [0, 0.05) is 22.8 Å². The van der Waals surface area contributed by atoms with E-state index in [2.05, 4.69) is 29.4 Å². The zero-order valence-corrected chi connectivity index (χ0v) is 12.5. The highest BCUT2D eigenvalue weighted by atomic mass is 16.1. The van der Waals surface area contributed by atoms with Crippen molar-refractivity contribution in [2.24, 2.45) is 0 Å². The monoisotopic (exact) mass is 290 g/mol. The summed E-state index contributed by atoms with van der Waals surface area (Å²) in [7, 11) is 0. The van der Waals surface area contributed by atoms with Crippen LogP contribution in [0.3, 0.4) is 0 Å². The third-order valence-electron chi connectivity index (χ3n) is 3.62. The lowest BCUT2D eigenvalue weighted by atomic mass is 10.1. The van der Waals surface area contributed by atoms with Crippen molar-refractivity contribution in [2.75, 3.05) is 5.32 Å². The Balaban J connectivity index is 1.77. The zero-order chi connectivity index (χ0) is 15.4. The first-order valence-corrected chi connectivity index (χ1v) is 7.51. The van der Waals surface area contributed by atoms with Gasteiger partial charge in [0.05, 0.1) is 5.52 Å². The molecule has 0 aliphatic carbocycles. The summed E-state index contributed by atoms with van der Waals surface area (Å²) in [6, 6.07) is 17.4. The molecule has 1 N–H and O–H groups in total. The van der Waals surface area contributed by atoms with Crippen LogP contribution in [-0.4, -0.2) is 10.9 Å². The van der Waals surface area contributed by atoms with Gasteiger partial charge in [-0.3, -0.25) is 9.78 Å². The van der Waals surface area contributed by atoms with Crippen LogP contribution in [0.25, 0.3) is 10.9 Å². The summed E-state index contributed by atoms with van der Waals surface area (Å²) < 4.78 is 0. The Labute approximate surface area is 130 Å². The van der Waals surface area contributed by atoms with Gasteiger partial charge in [-0.1, -0.05) is 31.5 Å². The quantitative estimate of drug-likeness (QED) is 0.772. The number of carbonyl (C=O) groups excluding carboxylic acids is 1. The van der Waals surface area contributed by atoms with E-state index in [1.165, 1.54) is 5.56 Å². The van der Waals surface area contributed by atoms with Crippen molar-refractivity contribution in [3.63, 3.8) is 0 Å². The molecule has 0 saturated heterocycles. The number of pyridine rings is 1. The number of nitrogens with one attached hydrogen (secondary N) is 1. The number of amides is 1. The fourth-order valence-electron chi connectivity index (χ4n) is 2.46. The number of rotatable bonds is 4. The summed E-state index contributed by atoms with van der Waals surface area (Å²) in [5.74, 6) is -0.103. The number of carbonyl (C=O) groups is 1. The molecule has 0 atom stereocenters. The van der Waals surface area contributed by atoms with Crippen LogP contribution >= 0.6 is 0 Å². The first-order valence-electron chi connectivity index (χ1n) is 7.51. The second kappa shape index (κ2) is 6.39. The van der Waals surface area contributed by atoms with E-state index in [4.69, 9.17) is 0 Å². The summed E-state index contributed by atoms with van der Waals surface area (Å²) >= 11 is 0. The van der Waals surface area contributed by atoms with Gasteiger partial charge in [-0.2, -0.15) is 0 Å². The molecule has 3 heteroatoms. The van der Waals surface area contributed by atoms with E-state index in [1.807, 2.05) is 36.4 Å². The van der Waals surface area contributed by atoms with Crippen LogP contribution in [0.2, 0.25) is 0 Å². The maximum absolute atomic E-state index is 12.3. The Kier molecular flexibility index (Phi) is 4.15. The van der Waals surface area contributed by atoms with Crippen molar-refractivity contribution >= 4 is 22.5 Å². The lowest BCUT2D eigenvalue weighted by Crippen LogP contribution is -2.11. The van der Waals surface area contributed by atoms with Crippen molar-refractivity contribution in [3.8, 4) is 0 Å². The Morgan fingerprint density at radius 2 is 1.91 bits per heavy atom. The first-order chi connectivity index (χ1) is 10.8. The van der Waals surface area contributed by atoms with Crippen LogP contribution in [0.4, 0.5) is 5.69 Å². The fourth-order valence-corrected chi connectivity index (χ4v) is 2.46. The standard InChI is InChI=1S/C19H18N2O/c1-2-4-14-6-9-17(10-7-14)21-19(22)16-8-11-18-15(13-16)5-3-12-20-18/h3,5-13H,2,4H2,1H3,(H,21,22). The molecule has 0 spiro atoms. The molecule has 3 nitrogen and oxygen atoms in total. The van der Waals surface area contributed by atoms with Crippen molar-refractivity contribution in [1.82, 2.24) is 4.98 Å². The second-order valence-electron chi connectivity index (χ2n) is 5.31. The van der Waals surface area contributed by atoms with Gasteiger partial charge in [-0.15, -0.1) is 0 Å². The van der Waals surface area contributed by atoms with Crippen molar-refractivity contribution in [2.45, 2.75) is 19.8 Å². The minimum Gasteiger partial charge on any atom is -0.322 e. The van der Waals surface area contributed by atoms with Crippen molar-refractivity contribution in [3.05, 3.63) is 71.9 Å². The molecule has 0 radical (unpaired) electrons. The molecule has 1 amide bonds. The third kappa shape index (κ3) is 3.14. The van der Waals surface area contributed by atoms with Gasteiger partial charge in [0.1, 0.15) is 0 Å². The molecule has 0 saturated carbocycles. The van der Waals surface area contributed by atoms with E-state index >= 15 is 0 Å². The van der Waals surface area contributed by atoms with Crippen molar-refractivity contribution < 1.29 is 4.79 Å². The van der Waals surface area contributed by atoms with Gasteiger partial charge < -0.3 is 5.32 Å². The average Bonchev–Trinajstić information content (AvgIpc) is 2.56. The highest BCUT2D eigenvalue weighted by Gasteiger charge is 2.07. The van der Waals surface area contributed by atoms with Crippen LogP contribution in [-0.2, 0) is 6.42 Å². The van der Waals surface area contributed by atoms with Crippen LogP contribution < -0.4 is 5.32 Å². The third-order valence-corrected chi connectivity index (χ3v) is 3.62. The van der Waals surface area contributed by atoms with E-state index in [9.17, 15) is 4.79 Å². The molecule has 22 heavy (non-hydrogen) atoms. The molecule has 1 aromatic heterocycles. The predicted molar refractivity (Wildman–Crippen MR) is 90.1 cm³/mol. The SMILES string of the molecule is CCCc1ccc(NC(=O)c2ccc3ncccc3c2)cc1. The van der Waals surface area contributed by atoms with E-state index in [0.29, 0.717) is 5.56 Å². The second-order valence-corrected chi connectivity index (χ2v) is 5.31. The Morgan fingerprint density at radius 1 is 1.09 bits per heavy atom. The Bertz CT molecular complexity index is 794. The van der Waals surface area contributed by atoms with Crippen molar-refractivity contribution in [1.29, 1.82) is 0 Å². The number of fused-ring (bicyclic) bond motifs is 1. The van der Waals surface area contributed by atoms with Crippen LogP contribution in [0.1, 0.15) is 29.3 Å². The Hall–Kier alpha value is -2.68. The molecule has 2 aromatic carbocycles. The molecule has 3 rings (SSSR count). The molecule has 110 valence electrons.